The second-order valence-corrected chi connectivity index (χ2v) is 5.68. The van der Waals surface area contributed by atoms with Crippen molar-refractivity contribution in [1.29, 1.82) is 0 Å². The van der Waals surface area contributed by atoms with E-state index in [0.29, 0.717) is 18.8 Å². The molecule has 2 aromatic carbocycles. The molecule has 2 aromatic rings. The molecule has 0 bridgehead atoms. The first-order valence-electron chi connectivity index (χ1n) is 7.94. The number of nitrogens with zero attached hydrogens (tertiary/aromatic N) is 2. The zero-order valence-electron chi connectivity index (χ0n) is 13.6. The lowest BCUT2D eigenvalue weighted by molar-refractivity contribution is -0.136. The van der Waals surface area contributed by atoms with Crippen LogP contribution in [0.1, 0.15) is 5.56 Å². The van der Waals surface area contributed by atoms with E-state index in [0.717, 1.165) is 11.3 Å². The standard InChI is InChI=1S/C19H20N2O3/c1-24-17-10-6-5-7-15(17)13-18(22)20-11-12-21(19(23)14-20)16-8-3-2-4-9-16/h2-10H,11-14H2,1H3. The summed E-state index contributed by atoms with van der Waals surface area (Å²) in [5, 5.41) is 0. The van der Waals surface area contributed by atoms with E-state index < -0.39 is 0 Å². The largest absolute Gasteiger partial charge is 0.496 e. The van der Waals surface area contributed by atoms with E-state index in [2.05, 4.69) is 0 Å². The van der Waals surface area contributed by atoms with Gasteiger partial charge in [0.15, 0.2) is 0 Å². The minimum absolute atomic E-state index is 0.0548. The van der Waals surface area contributed by atoms with Gasteiger partial charge in [0.25, 0.3) is 0 Å². The van der Waals surface area contributed by atoms with Gasteiger partial charge in [0.1, 0.15) is 12.3 Å². The number of benzene rings is 2. The SMILES string of the molecule is COc1ccccc1CC(=O)N1CCN(c2ccccc2)C(=O)C1. The van der Waals surface area contributed by atoms with Gasteiger partial charge in [0.2, 0.25) is 11.8 Å². The molecule has 0 N–H and O–H groups in total. The lowest BCUT2D eigenvalue weighted by atomic mass is 10.1. The van der Waals surface area contributed by atoms with Crippen LogP contribution in [-0.2, 0) is 16.0 Å². The Balaban J connectivity index is 1.65. The summed E-state index contributed by atoms with van der Waals surface area (Å²) < 4.78 is 5.28. The Hall–Kier alpha value is -2.82. The molecule has 5 heteroatoms. The van der Waals surface area contributed by atoms with Crippen LogP contribution in [-0.4, -0.2) is 43.5 Å². The third kappa shape index (κ3) is 3.40. The van der Waals surface area contributed by atoms with Gasteiger partial charge in [-0.25, -0.2) is 0 Å². The monoisotopic (exact) mass is 324 g/mol. The summed E-state index contributed by atoms with van der Waals surface area (Å²) in [7, 11) is 1.59. The summed E-state index contributed by atoms with van der Waals surface area (Å²) in [6.07, 6.45) is 0.239. The van der Waals surface area contributed by atoms with E-state index >= 15 is 0 Å². The molecule has 1 saturated heterocycles. The molecule has 0 aromatic heterocycles. The molecule has 1 fully saturated rings. The maximum absolute atomic E-state index is 12.5. The molecule has 0 spiro atoms. The first-order chi connectivity index (χ1) is 11.7. The zero-order valence-corrected chi connectivity index (χ0v) is 13.6. The van der Waals surface area contributed by atoms with Crippen molar-refractivity contribution < 1.29 is 14.3 Å². The van der Waals surface area contributed by atoms with Gasteiger partial charge >= 0.3 is 0 Å². The number of amides is 2. The molecule has 24 heavy (non-hydrogen) atoms. The van der Waals surface area contributed by atoms with Gasteiger partial charge in [-0.2, -0.15) is 0 Å². The lowest BCUT2D eigenvalue weighted by Crippen LogP contribution is -2.52. The summed E-state index contributed by atoms with van der Waals surface area (Å²) in [4.78, 5) is 28.3. The van der Waals surface area contributed by atoms with Gasteiger partial charge in [-0.05, 0) is 18.2 Å². The van der Waals surface area contributed by atoms with E-state index in [1.54, 1.807) is 16.9 Å². The number of piperazine rings is 1. The van der Waals surface area contributed by atoms with Crippen LogP contribution < -0.4 is 9.64 Å². The number of carbonyl (C=O) groups is 2. The van der Waals surface area contributed by atoms with Gasteiger partial charge in [0.05, 0.1) is 13.5 Å². The van der Waals surface area contributed by atoms with Crippen molar-refractivity contribution >= 4 is 17.5 Å². The maximum Gasteiger partial charge on any atom is 0.246 e. The Bertz CT molecular complexity index is 730. The average Bonchev–Trinajstić information content (AvgIpc) is 2.62. The topological polar surface area (TPSA) is 49.9 Å². The molecule has 5 nitrogen and oxygen atoms in total. The number of hydrogen-bond donors (Lipinski definition) is 0. The second-order valence-electron chi connectivity index (χ2n) is 5.68. The number of carbonyl (C=O) groups excluding carboxylic acids is 2. The van der Waals surface area contributed by atoms with Crippen molar-refractivity contribution in [3.05, 3.63) is 60.2 Å². The second kappa shape index (κ2) is 7.17. The zero-order chi connectivity index (χ0) is 16.9. The number of rotatable bonds is 4. The Labute approximate surface area is 141 Å². The normalized spacial score (nSPS) is 14.6. The Morgan fingerprint density at radius 3 is 2.46 bits per heavy atom. The van der Waals surface area contributed by atoms with Gasteiger partial charge in [-0.15, -0.1) is 0 Å². The van der Waals surface area contributed by atoms with Crippen LogP contribution in [0.5, 0.6) is 5.75 Å². The van der Waals surface area contributed by atoms with Crippen LogP contribution >= 0.6 is 0 Å². The summed E-state index contributed by atoms with van der Waals surface area (Å²) in [6.45, 7) is 1.16. The lowest BCUT2D eigenvalue weighted by Gasteiger charge is -2.34. The van der Waals surface area contributed by atoms with Crippen molar-refractivity contribution in [3.63, 3.8) is 0 Å². The Morgan fingerprint density at radius 1 is 1.04 bits per heavy atom. The van der Waals surface area contributed by atoms with Gasteiger partial charge in [0, 0.05) is 24.3 Å². The van der Waals surface area contributed by atoms with Crippen molar-refractivity contribution in [1.82, 2.24) is 4.90 Å². The third-order valence-corrected chi connectivity index (χ3v) is 4.18. The fourth-order valence-corrected chi connectivity index (χ4v) is 2.89. The minimum atomic E-state index is -0.0550. The van der Waals surface area contributed by atoms with Gasteiger partial charge in [-0.1, -0.05) is 36.4 Å². The molecule has 2 amide bonds. The third-order valence-electron chi connectivity index (χ3n) is 4.18. The molecular formula is C19H20N2O3. The molecule has 0 unspecified atom stereocenters. The summed E-state index contributed by atoms with van der Waals surface area (Å²) in [5.41, 5.74) is 1.71. The molecule has 0 aliphatic carbocycles. The fraction of sp³-hybridized carbons (Fsp3) is 0.263. The van der Waals surface area contributed by atoms with Gasteiger partial charge < -0.3 is 14.5 Å². The number of ether oxygens (including phenoxy) is 1. The Morgan fingerprint density at radius 2 is 1.75 bits per heavy atom. The Kier molecular flexibility index (Phi) is 4.79. The number of methoxy groups -OCH3 is 1. The highest BCUT2D eigenvalue weighted by Crippen LogP contribution is 2.20. The molecule has 0 saturated carbocycles. The van der Waals surface area contributed by atoms with E-state index in [9.17, 15) is 9.59 Å². The number of hydrogen-bond acceptors (Lipinski definition) is 3. The molecule has 1 aliphatic heterocycles. The summed E-state index contributed by atoms with van der Waals surface area (Å²) >= 11 is 0. The van der Waals surface area contributed by atoms with Crippen LogP contribution in [0, 0.1) is 0 Å². The maximum atomic E-state index is 12.5. The summed E-state index contributed by atoms with van der Waals surface area (Å²) in [6, 6.07) is 17.0. The van der Waals surface area contributed by atoms with Crippen molar-refractivity contribution in [3.8, 4) is 5.75 Å². The van der Waals surface area contributed by atoms with Crippen molar-refractivity contribution in [2.75, 3.05) is 31.6 Å². The molecule has 1 aliphatic rings. The average molecular weight is 324 g/mol. The predicted octanol–water partition coefficient (Wildman–Crippen LogP) is 2.11. The smallest absolute Gasteiger partial charge is 0.246 e. The van der Waals surface area contributed by atoms with Crippen LogP contribution in [0.3, 0.4) is 0 Å². The highest BCUT2D eigenvalue weighted by Gasteiger charge is 2.28. The number of anilines is 1. The molecule has 0 radical (unpaired) electrons. The van der Waals surface area contributed by atoms with Crippen molar-refractivity contribution in [2.24, 2.45) is 0 Å². The van der Waals surface area contributed by atoms with Crippen LogP contribution in [0.15, 0.2) is 54.6 Å². The summed E-state index contributed by atoms with van der Waals surface area (Å²) in [5.74, 6) is 0.585. The van der Waals surface area contributed by atoms with E-state index in [-0.39, 0.29) is 24.8 Å². The highest BCUT2D eigenvalue weighted by molar-refractivity contribution is 5.98. The highest BCUT2D eigenvalue weighted by atomic mass is 16.5. The quantitative estimate of drug-likeness (QED) is 0.865. The molecule has 3 rings (SSSR count). The molecule has 124 valence electrons. The minimum Gasteiger partial charge on any atom is -0.496 e. The van der Waals surface area contributed by atoms with Crippen LogP contribution in [0.4, 0.5) is 5.69 Å². The number of para-hydroxylation sites is 2. The predicted molar refractivity (Wildman–Crippen MR) is 92.1 cm³/mol. The molecule has 1 heterocycles. The van der Waals surface area contributed by atoms with Crippen molar-refractivity contribution in [2.45, 2.75) is 6.42 Å². The van der Waals surface area contributed by atoms with Crippen LogP contribution in [0.2, 0.25) is 0 Å². The first kappa shape index (κ1) is 16.1. The first-order valence-corrected chi connectivity index (χ1v) is 7.94. The van der Waals surface area contributed by atoms with E-state index in [1.165, 1.54) is 0 Å². The molecular weight excluding hydrogens is 304 g/mol. The van der Waals surface area contributed by atoms with E-state index in [4.69, 9.17) is 4.74 Å². The molecule has 0 atom stereocenters. The van der Waals surface area contributed by atoms with Gasteiger partial charge in [-0.3, -0.25) is 9.59 Å². The fourth-order valence-electron chi connectivity index (χ4n) is 2.89. The van der Waals surface area contributed by atoms with E-state index in [1.807, 2.05) is 54.6 Å². The van der Waals surface area contributed by atoms with Crippen LogP contribution in [0.25, 0.3) is 0 Å².